The molecule has 132 valence electrons. The zero-order valence-electron chi connectivity index (χ0n) is 14.2. The van der Waals surface area contributed by atoms with Crippen LogP contribution >= 0.6 is 15.9 Å². The smallest absolute Gasteiger partial charge is 0.226 e. The molecule has 1 aromatic rings. The van der Waals surface area contributed by atoms with E-state index >= 15 is 0 Å². The molecule has 1 unspecified atom stereocenters. The van der Waals surface area contributed by atoms with Crippen LogP contribution in [0.5, 0.6) is 0 Å². The van der Waals surface area contributed by atoms with Gasteiger partial charge in [0.25, 0.3) is 0 Å². The highest BCUT2D eigenvalue weighted by atomic mass is 79.9. The lowest BCUT2D eigenvalue weighted by molar-refractivity contribution is -0.116. The molecule has 24 heavy (non-hydrogen) atoms. The highest BCUT2D eigenvalue weighted by molar-refractivity contribution is 9.10. The van der Waals surface area contributed by atoms with Gasteiger partial charge in [-0.1, -0.05) is 15.9 Å². The number of benzene rings is 1. The van der Waals surface area contributed by atoms with Gasteiger partial charge in [0.2, 0.25) is 5.91 Å². The third-order valence-corrected chi connectivity index (χ3v) is 4.42. The Balaban J connectivity index is 1.70. The predicted molar refractivity (Wildman–Crippen MR) is 100 cm³/mol. The van der Waals surface area contributed by atoms with Gasteiger partial charge in [-0.2, -0.15) is 0 Å². The van der Waals surface area contributed by atoms with Crippen molar-refractivity contribution in [3.63, 3.8) is 0 Å². The number of rotatable bonds is 6. The Kier molecular flexibility index (Phi) is 7.52. The number of nitrogens with one attached hydrogen (secondary N) is 2. The van der Waals surface area contributed by atoms with E-state index in [-0.39, 0.29) is 5.91 Å². The number of anilines is 1. The van der Waals surface area contributed by atoms with Gasteiger partial charge in [0.15, 0.2) is 5.96 Å². The van der Waals surface area contributed by atoms with Crippen LogP contribution in [0.2, 0.25) is 0 Å². The molecule has 7 heteroatoms. The molecule has 1 heterocycles. The van der Waals surface area contributed by atoms with Gasteiger partial charge in [0.1, 0.15) is 0 Å². The minimum atomic E-state index is -0.0212. The van der Waals surface area contributed by atoms with Crippen LogP contribution in [0.1, 0.15) is 12.8 Å². The van der Waals surface area contributed by atoms with E-state index < -0.39 is 0 Å². The zero-order valence-corrected chi connectivity index (χ0v) is 15.8. The van der Waals surface area contributed by atoms with Crippen LogP contribution in [0.25, 0.3) is 0 Å². The Morgan fingerprint density at radius 1 is 1.42 bits per heavy atom. The summed E-state index contributed by atoms with van der Waals surface area (Å²) in [5.41, 5.74) is 0.797. The lowest BCUT2D eigenvalue weighted by Gasteiger charge is -2.24. The first-order chi connectivity index (χ1) is 11.6. The molecule has 0 aromatic heterocycles. The van der Waals surface area contributed by atoms with Gasteiger partial charge in [-0.25, -0.2) is 0 Å². The Bertz CT molecular complexity index is 556. The van der Waals surface area contributed by atoms with E-state index in [1.807, 2.05) is 31.3 Å². The summed E-state index contributed by atoms with van der Waals surface area (Å²) in [6, 6.07) is 7.53. The van der Waals surface area contributed by atoms with Gasteiger partial charge in [-0.3, -0.25) is 9.79 Å². The summed E-state index contributed by atoms with van der Waals surface area (Å²) in [7, 11) is 3.77. The second kappa shape index (κ2) is 9.64. The van der Waals surface area contributed by atoms with Crippen molar-refractivity contribution in [2.45, 2.75) is 12.8 Å². The van der Waals surface area contributed by atoms with Crippen LogP contribution in [-0.4, -0.2) is 57.2 Å². The topological polar surface area (TPSA) is 66.0 Å². The predicted octanol–water partition coefficient (Wildman–Crippen LogP) is 2.32. The molecule has 1 amide bonds. The molecule has 0 bridgehead atoms. The van der Waals surface area contributed by atoms with E-state index in [4.69, 9.17) is 4.74 Å². The fraction of sp³-hybridized carbons (Fsp3) is 0.529. The summed E-state index contributed by atoms with van der Waals surface area (Å²) in [5, 5.41) is 6.11. The summed E-state index contributed by atoms with van der Waals surface area (Å²) in [4.78, 5) is 18.3. The van der Waals surface area contributed by atoms with Gasteiger partial charge >= 0.3 is 0 Å². The summed E-state index contributed by atoms with van der Waals surface area (Å²) in [6.07, 6.45) is 1.48. The number of ether oxygens (including phenoxy) is 1. The van der Waals surface area contributed by atoms with Crippen LogP contribution in [0.3, 0.4) is 0 Å². The van der Waals surface area contributed by atoms with Gasteiger partial charge in [-0.05, 0) is 30.7 Å². The van der Waals surface area contributed by atoms with Gasteiger partial charge in [-0.15, -0.1) is 0 Å². The number of carbonyl (C=O) groups is 1. The van der Waals surface area contributed by atoms with Crippen molar-refractivity contribution in [2.75, 3.05) is 45.7 Å². The average Bonchev–Trinajstić information content (AvgIpc) is 3.06. The Morgan fingerprint density at radius 3 is 2.79 bits per heavy atom. The molecular formula is C17H25BrN4O2. The van der Waals surface area contributed by atoms with Gasteiger partial charge in [0.05, 0.1) is 6.61 Å². The van der Waals surface area contributed by atoms with E-state index in [0.29, 0.717) is 18.9 Å². The summed E-state index contributed by atoms with van der Waals surface area (Å²) >= 11 is 3.37. The lowest BCUT2D eigenvalue weighted by atomic mass is 10.1. The van der Waals surface area contributed by atoms with Crippen molar-refractivity contribution < 1.29 is 9.53 Å². The van der Waals surface area contributed by atoms with Crippen molar-refractivity contribution >= 4 is 33.5 Å². The van der Waals surface area contributed by atoms with Crippen LogP contribution in [0.4, 0.5) is 5.69 Å². The van der Waals surface area contributed by atoms with E-state index in [1.54, 1.807) is 7.05 Å². The third kappa shape index (κ3) is 6.13. The number of halogens is 1. The Morgan fingerprint density at radius 2 is 2.17 bits per heavy atom. The Hall–Kier alpha value is -1.60. The van der Waals surface area contributed by atoms with Crippen molar-refractivity contribution in [3.05, 3.63) is 28.7 Å². The summed E-state index contributed by atoms with van der Waals surface area (Å²) in [6.45, 7) is 3.11. The SMILES string of the molecule is CN=C(NCCC(=O)Nc1ccc(Br)cc1)N(C)CC1CCOC1. The summed E-state index contributed by atoms with van der Waals surface area (Å²) in [5.74, 6) is 1.33. The molecule has 0 spiro atoms. The molecule has 6 nitrogen and oxygen atoms in total. The molecule has 1 aliphatic heterocycles. The molecule has 1 aliphatic rings. The van der Waals surface area contributed by atoms with Gasteiger partial charge in [0, 0.05) is 56.3 Å². The van der Waals surface area contributed by atoms with Crippen molar-refractivity contribution in [1.82, 2.24) is 10.2 Å². The lowest BCUT2D eigenvalue weighted by Crippen LogP contribution is -2.42. The molecular weight excluding hydrogens is 372 g/mol. The maximum atomic E-state index is 12.0. The van der Waals surface area contributed by atoms with E-state index in [2.05, 4.69) is 36.5 Å². The fourth-order valence-corrected chi connectivity index (χ4v) is 2.89. The molecule has 1 aromatic carbocycles. The number of aliphatic imine (C=N–C) groups is 1. The molecule has 1 fully saturated rings. The molecule has 2 rings (SSSR count). The first-order valence-corrected chi connectivity index (χ1v) is 8.92. The van der Waals surface area contributed by atoms with Crippen molar-refractivity contribution in [2.24, 2.45) is 10.9 Å². The van der Waals surface area contributed by atoms with E-state index in [9.17, 15) is 4.79 Å². The minimum Gasteiger partial charge on any atom is -0.381 e. The first-order valence-electron chi connectivity index (χ1n) is 8.13. The third-order valence-electron chi connectivity index (χ3n) is 3.89. The normalized spacial score (nSPS) is 17.6. The summed E-state index contributed by atoms with van der Waals surface area (Å²) < 4.78 is 6.39. The number of nitrogens with zero attached hydrogens (tertiary/aromatic N) is 2. The van der Waals surface area contributed by atoms with E-state index in [0.717, 1.165) is 42.3 Å². The van der Waals surface area contributed by atoms with E-state index in [1.165, 1.54) is 0 Å². The minimum absolute atomic E-state index is 0.0212. The molecule has 0 radical (unpaired) electrons. The number of guanidine groups is 1. The van der Waals surface area contributed by atoms with Crippen LogP contribution in [-0.2, 0) is 9.53 Å². The maximum absolute atomic E-state index is 12.0. The second-order valence-corrected chi connectivity index (χ2v) is 6.80. The molecule has 1 saturated heterocycles. The standard InChI is InChI=1S/C17H25BrN4O2/c1-19-17(22(2)11-13-8-10-24-12-13)20-9-7-16(23)21-15-5-3-14(18)4-6-15/h3-6,13H,7-12H2,1-2H3,(H,19,20)(H,21,23). The highest BCUT2D eigenvalue weighted by Gasteiger charge is 2.19. The second-order valence-electron chi connectivity index (χ2n) is 5.89. The number of hydrogen-bond donors (Lipinski definition) is 2. The maximum Gasteiger partial charge on any atom is 0.226 e. The highest BCUT2D eigenvalue weighted by Crippen LogP contribution is 2.14. The van der Waals surface area contributed by atoms with Crippen molar-refractivity contribution in [3.8, 4) is 0 Å². The average molecular weight is 397 g/mol. The van der Waals surface area contributed by atoms with Crippen molar-refractivity contribution in [1.29, 1.82) is 0 Å². The quantitative estimate of drug-likeness (QED) is 0.571. The monoisotopic (exact) mass is 396 g/mol. The first kappa shape index (κ1) is 18.7. The van der Waals surface area contributed by atoms with Gasteiger partial charge < -0.3 is 20.3 Å². The van der Waals surface area contributed by atoms with Crippen LogP contribution in [0.15, 0.2) is 33.7 Å². The van der Waals surface area contributed by atoms with Crippen LogP contribution in [0, 0.1) is 5.92 Å². The molecule has 1 atom stereocenters. The molecule has 0 saturated carbocycles. The number of hydrogen-bond acceptors (Lipinski definition) is 3. The number of carbonyl (C=O) groups excluding carboxylic acids is 1. The number of amides is 1. The Labute approximate surface area is 151 Å². The molecule has 0 aliphatic carbocycles. The zero-order chi connectivity index (χ0) is 17.4. The molecule has 2 N–H and O–H groups in total. The largest absolute Gasteiger partial charge is 0.381 e. The van der Waals surface area contributed by atoms with Crippen LogP contribution < -0.4 is 10.6 Å². The fourth-order valence-electron chi connectivity index (χ4n) is 2.63.